The molecule has 0 bridgehead atoms. The van der Waals surface area contributed by atoms with Gasteiger partial charge in [-0.2, -0.15) is 0 Å². The molecule has 29 heavy (non-hydrogen) atoms. The second kappa shape index (κ2) is 9.09. The zero-order valence-corrected chi connectivity index (χ0v) is 16.0. The van der Waals surface area contributed by atoms with E-state index in [1.165, 1.54) is 19.2 Å². The Morgan fingerprint density at radius 2 is 2.07 bits per heavy atom. The number of hydrogen-bond acceptors (Lipinski definition) is 7. The third-order valence-corrected chi connectivity index (χ3v) is 4.71. The van der Waals surface area contributed by atoms with Gasteiger partial charge in [0.2, 0.25) is 0 Å². The van der Waals surface area contributed by atoms with Crippen molar-refractivity contribution < 1.29 is 23.7 Å². The minimum absolute atomic E-state index is 0.122. The van der Waals surface area contributed by atoms with Gasteiger partial charge < -0.3 is 24.3 Å². The molecular formula is C19H22N4O6. The van der Waals surface area contributed by atoms with Crippen molar-refractivity contribution in [1.82, 2.24) is 10.2 Å². The smallest absolute Gasteiger partial charge is 0.338 e. The molecule has 1 aliphatic rings. The minimum Gasteiger partial charge on any atom is -0.467 e. The van der Waals surface area contributed by atoms with Crippen LogP contribution in [0.3, 0.4) is 0 Å². The molecule has 1 N–H and O–H groups in total. The molecule has 10 heteroatoms. The normalized spacial score (nSPS) is 14.2. The van der Waals surface area contributed by atoms with Gasteiger partial charge in [-0.3, -0.25) is 10.1 Å². The van der Waals surface area contributed by atoms with Crippen molar-refractivity contribution in [2.24, 2.45) is 0 Å². The highest BCUT2D eigenvalue weighted by atomic mass is 16.6. The highest BCUT2D eigenvalue weighted by Crippen LogP contribution is 2.30. The van der Waals surface area contributed by atoms with E-state index in [4.69, 9.17) is 4.42 Å². The lowest BCUT2D eigenvalue weighted by Gasteiger charge is -2.23. The minimum atomic E-state index is -0.630. The molecule has 1 saturated heterocycles. The zero-order chi connectivity index (χ0) is 20.8. The summed E-state index contributed by atoms with van der Waals surface area (Å²) in [5.74, 6) is 0.0334. The predicted molar refractivity (Wildman–Crippen MR) is 104 cm³/mol. The van der Waals surface area contributed by atoms with Crippen molar-refractivity contribution >= 4 is 23.4 Å². The van der Waals surface area contributed by atoms with Crippen LogP contribution in [0.25, 0.3) is 0 Å². The van der Waals surface area contributed by atoms with Gasteiger partial charge >= 0.3 is 12.0 Å². The Kier molecular flexibility index (Phi) is 6.32. The number of nitrogens with zero attached hydrogens (tertiary/aromatic N) is 3. The number of nitro benzene ring substituents is 1. The van der Waals surface area contributed by atoms with Crippen LogP contribution in [0.5, 0.6) is 0 Å². The molecule has 0 radical (unpaired) electrons. The van der Waals surface area contributed by atoms with Crippen LogP contribution in [-0.4, -0.2) is 55.1 Å². The summed E-state index contributed by atoms with van der Waals surface area (Å²) in [6.45, 7) is 2.24. The van der Waals surface area contributed by atoms with Crippen molar-refractivity contribution in [3.63, 3.8) is 0 Å². The molecular weight excluding hydrogens is 380 g/mol. The van der Waals surface area contributed by atoms with Gasteiger partial charge in [0.25, 0.3) is 5.69 Å². The van der Waals surface area contributed by atoms with Crippen LogP contribution in [-0.2, 0) is 11.3 Å². The number of anilines is 1. The summed E-state index contributed by atoms with van der Waals surface area (Å²) in [7, 11) is 1.22. The van der Waals surface area contributed by atoms with Crippen molar-refractivity contribution in [1.29, 1.82) is 0 Å². The molecule has 1 aliphatic heterocycles. The number of benzene rings is 1. The van der Waals surface area contributed by atoms with Gasteiger partial charge in [0.1, 0.15) is 11.4 Å². The molecule has 2 heterocycles. The fraction of sp³-hybridized carbons (Fsp3) is 0.368. The zero-order valence-electron chi connectivity index (χ0n) is 16.0. The molecule has 1 aromatic heterocycles. The van der Waals surface area contributed by atoms with Crippen LogP contribution < -0.4 is 10.2 Å². The van der Waals surface area contributed by atoms with Crippen LogP contribution in [0.4, 0.5) is 16.2 Å². The van der Waals surface area contributed by atoms with E-state index >= 15 is 0 Å². The fourth-order valence-corrected chi connectivity index (χ4v) is 3.23. The quantitative estimate of drug-likeness (QED) is 0.463. The van der Waals surface area contributed by atoms with Crippen LogP contribution >= 0.6 is 0 Å². The maximum atomic E-state index is 12.4. The number of nitrogens with one attached hydrogen (secondary N) is 1. The van der Waals surface area contributed by atoms with E-state index in [0.29, 0.717) is 50.6 Å². The number of esters is 1. The standard InChI is InChI=1S/C19H22N4O6/c1-28-18(24)14-5-6-16(17(12-14)23(26)27)21-7-3-8-22(10-9-21)19(25)20-13-15-4-2-11-29-15/h2,4-6,11-12H,3,7-10,13H2,1H3,(H,20,25). The Morgan fingerprint density at radius 3 is 2.76 bits per heavy atom. The van der Waals surface area contributed by atoms with Gasteiger partial charge in [-0.25, -0.2) is 9.59 Å². The van der Waals surface area contributed by atoms with Gasteiger partial charge in [0, 0.05) is 32.2 Å². The average molecular weight is 402 g/mol. The van der Waals surface area contributed by atoms with E-state index < -0.39 is 10.9 Å². The number of urea groups is 1. The highest BCUT2D eigenvalue weighted by Gasteiger charge is 2.25. The fourth-order valence-electron chi connectivity index (χ4n) is 3.23. The second-order valence-corrected chi connectivity index (χ2v) is 6.52. The lowest BCUT2D eigenvalue weighted by atomic mass is 10.1. The van der Waals surface area contributed by atoms with Gasteiger partial charge in [-0.15, -0.1) is 0 Å². The van der Waals surface area contributed by atoms with Gasteiger partial charge in [-0.1, -0.05) is 0 Å². The Labute approximate surface area is 167 Å². The largest absolute Gasteiger partial charge is 0.467 e. The van der Waals surface area contributed by atoms with Crippen molar-refractivity contribution in [3.8, 4) is 0 Å². The van der Waals surface area contributed by atoms with Crippen LogP contribution in [0, 0.1) is 10.1 Å². The molecule has 154 valence electrons. The molecule has 0 spiro atoms. The summed E-state index contributed by atoms with van der Waals surface area (Å²) in [6, 6.07) is 7.61. The Bertz CT molecular complexity index is 883. The third kappa shape index (κ3) is 4.84. The van der Waals surface area contributed by atoms with Gasteiger partial charge in [0.15, 0.2) is 0 Å². The number of amides is 2. The van der Waals surface area contributed by atoms with E-state index in [9.17, 15) is 19.7 Å². The van der Waals surface area contributed by atoms with E-state index in [2.05, 4.69) is 10.1 Å². The van der Waals surface area contributed by atoms with E-state index in [1.807, 2.05) is 4.90 Å². The van der Waals surface area contributed by atoms with Gasteiger partial charge in [0.05, 0.1) is 30.4 Å². The summed E-state index contributed by atoms with van der Waals surface area (Å²) >= 11 is 0. The number of carbonyl (C=O) groups excluding carboxylic acids is 2. The number of nitro groups is 1. The first-order chi connectivity index (χ1) is 14.0. The number of furan rings is 1. The summed E-state index contributed by atoms with van der Waals surface area (Å²) < 4.78 is 9.84. The molecule has 3 rings (SSSR count). The summed E-state index contributed by atoms with van der Waals surface area (Å²) in [5.41, 5.74) is 0.376. The van der Waals surface area contributed by atoms with Crippen LogP contribution in [0.2, 0.25) is 0 Å². The number of hydrogen-bond donors (Lipinski definition) is 1. The number of ether oxygens (including phenoxy) is 1. The predicted octanol–water partition coefficient (Wildman–Crippen LogP) is 2.40. The second-order valence-electron chi connectivity index (χ2n) is 6.52. The summed E-state index contributed by atoms with van der Waals surface area (Å²) in [5, 5.41) is 14.3. The first-order valence-electron chi connectivity index (χ1n) is 9.16. The van der Waals surface area contributed by atoms with Gasteiger partial charge in [-0.05, 0) is 30.7 Å². The maximum Gasteiger partial charge on any atom is 0.338 e. The van der Waals surface area contributed by atoms with Crippen LogP contribution in [0.15, 0.2) is 41.0 Å². The van der Waals surface area contributed by atoms with E-state index in [0.717, 1.165) is 0 Å². The molecule has 1 fully saturated rings. The first-order valence-corrected chi connectivity index (χ1v) is 9.16. The Morgan fingerprint density at radius 1 is 1.24 bits per heavy atom. The Balaban J connectivity index is 1.67. The molecule has 2 aromatic rings. The molecule has 1 aromatic carbocycles. The van der Waals surface area contributed by atoms with E-state index in [1.54, 1.807) is 29.4 Å². The Hall–Kier alpha value is -3.56. The highest BCUT2D eigenvalue weighted by molar-refractivity contribution is 5.91. The van der Waals surface area contributed by atoms with Crippen molar-refractivity contribution in [3.05, 3.63) is 58.0 Å². The molecule has 0 aliphatic carbocycles. The monoisotopic (exact) mass is 402 g/mol. The topological polar surface area (TPSA) is 118 Å². The number of methoxy groups -OCH3 is 1. The lowest BCUT2D eigenvalue weighted by Crippen LogP contribution is -2.41. The first kappa shape index (κ1) is 20.2. The number of rotatable bonds is 5. The van der Waals surface area contributed by atoms with Crippen molar-refractivity contribution in [2.75, 3.05) is 38.2 Å². The molecule has 10 nitrogen and oxygen atoms in total. The van der Waals surface area contributed by atoms with Crippen LogP contribution in [0.1, 0.15) is 22.5 Å². The SMILES string of the molecule is COC(=O)c1ccc(N2CCCN(C(=O)NCc3ccco3)CC2)c([N+](=O)[O-])c1. The molecule has 0 saturated carbocycles. The molecule has 0 atom stereocenters. The molecule has 2 amide bonds. The van der Waals surface area contributed by atoms with E-state index in [-0.39, 0.29) is 17.3 Å². The molecule has 0 unspecified atom stereocenters. The lowest BCUT2D eigenvalue weighted by molar-refractivity contribution is -0.384. The summed E-state index contributed by atoms with van der Waals surface area (Å²) in [4.78, 5) is 38.6. The maximum absolute atomic E-state index is 12.4. The third-order valence-electron chi connectivity index (χ3n) is 4.71. The average Bonchev–Trinajstić information content (AvgIpc) is 3.13. The van der Waals surface area contributed by atoms with Crippen molar-refractivity contribution in [2.45, 2.75) is 13.0 Å². The summed E-state index contributed by atoms with van der Waals surface area (Å²) in [6.07, 6.45) is 2.20. The number of carbonyl (C=O) groups is 2.